The van der Waals surface area contributed by atoms with E-state index < -0.39 is 0 Å². The lowest BCUT2D eigenvalue weighted by Gasteiger charge is -2.36. The molecule has 1 saturated heterocycles. The van der Waals surface area contributed by atoms with Crippen molar-refractivity contribution in [1.29, 1.82) is 0 Å². The number of anilines is 1. The molecule has 0 radical (unpaired) electrons. The minimum Gasteiger partial charge on any atom is -0.497 e. The van der Waals surface area contributed by atoms with Crippen LogP contribution in [-0.4, -0.2) is 64.0 Å². The van der Waals surface area contributed by atoms with E-state index in [2.05, 4.69) is 44.6 Å². The molecular weight excluding hydrogens is 368 g/mol. The van der Waals surface area contributed by atoms with Gasteiger partial charge in [0, 0.05) is 50.4 Å². The Balaban J connectivity index is 1.41. The number of rotatable bonds is 8. The molecule has 1 amide bonds. The number of nitrogens with zero attached hydrogens (tertiary/aromatic N) is 3. The van der Waals surface area contributed by atoms with Crippen LogP contribution in [0, 0.1) is 0 Å². The fourth-order valence-corrected chi connectivity index (χ4v) is 3.30. The first-order valence-corrected chi connectivity index (χ1v) is 9.76. The summed E-state index contributed by atoms with van der Waals surface area (Å²) in [4.78, 5) is 16.8. The highest BCUT2D eigenvalue weighted by molar-refractivity contribution is 5.85. The van der Waals surface area contributed by atoms with Crippen molar-refractivity contribution in [2.24, 2.45) is 5.10 Å². The summed E-state index contributed by atoms with van der Waals surface area (Å²) in [5.74, 6) is 1.27. The number of benzene rings is 2. The standard InChI is InChI=1S/C22H28N4O3/c1-28-20-8-9-21(29-2)18(16-20)17-23-24-22(27)10-11-25-12-14-26(15-13-25)19-6-4-3-5-7-19/h3-9,16-17H,10-15H2,1-2H3,(H,24,27). The number of para-hydroxylation sites is 1. The van der Waals surface area contributed by atoms with E-state index in [9.17, 15) is 4.79 Å². The van der Waals surface area contributed by atoms with Gasteiger partial charge in [0.15, 0.2) is 0 Å². The Morgan fingerprint density at radius 2 is 1.83 bits per heavy atom. The van der Waals surface area contributed by atoms with Crippen molar-refractivity contribution >= 4 is 17.8 Å². The first-order chi connectivity index (χ1) is 14.2. The lowest BCUT2D eigenvalue weighted by molar-refractivity contribution is -0.121. The van der Waals surface area contributed by atoms with Crippen molar-refractivity contribution < 1.29 is 14.3 Å². The van der Waals surface area contributed by atoms with E-state index >= 15 is 0 Å². The summed E-state index contributed by atoms with van der Waals surface area (Å²) < 4.78 is 10.5. The first-order valence-electron chi connectivity index (χ1n) is 9.76. The third-order valence-electron chi connectivity index (χ3n) is 4.98. The molecule has 2 aromatic rings. The molecule has 0 spiro atoms. The molecule has 7 nitrogen and oxygen atoms in total. The summed E-state index contributed by atoms with van der Waals surface area (Å²) in [5, 5.41) is 4.05. The third-order valence-corrected chi connectivity index (χ3v) is 4.98. The maximum absolute atomic E-state index is 12.1. The Kier molecular flexibility index (Phi) is 7.47. The van der Waals surface area contributed by atoms with Crippen molar-refractivity contribution in [1.82, 2.24) is 10.3 Å². The van der Waals surface area contributed by atoms with E-state index in [1.807, 2.05) is 12.1 Å². The zero-order chi connectivity index (χ0) is 20.5. The minimum atomic E-state index is -0.103. The molecule has 0 atom stereocenters. The fraction of sp³-hybridized carbons (Fsp3) is 0.364. The minimum absolute atomic E-state index is 0.103. The summed E-state index contributed by atoms with van der Waals surface area (Å²) in [5.41, 5.74) is 4.59. The molecule has 29 heavy (non-hydrogen) atoms. The zero-order valence-electron chi connectivity index (χ0n) is 17.0. The van der Waals surface area contributed by atoms with Crippen molar-refractivity contribution in [3.8, 4) is 11.5 Å². The van der Waals surface area contributed by atoms with Crippen molar-refractivity contribution in [3.05, 3.63) is 54.1 Å². The number of hydrogen-bond acceptors (Lipinski definition) is 6. The van der Waals surface area contributed by atoms with Crippen LogP contribution in [0.25, 0.3) is 0 Å². The van der Waals surface area contributed by atoms with Crippen molar-refractivity contribution in [2.75, 3.05) is 51.8 Å². The molecule has 1 heterocycles. The molecule has 1 fully saturated rings. The molecule has 1 aliphatic heterocycles. The molecule has 1 aliphatic rings. The van der Waals surface area contributed by atoms with E-state index in [0.29, 0.717) is 17.9 Å². The summed E-state index contributed by atoms with van der Waals surface area (Å²) in [6, 6.07) is 15.9. The van der Waals surface area contributed by atoms with Gasteiger partial charge in [0.1, 0.15) is 11.5 Å². The Labute approximate surface area is 171 Å². The molecule has 0 unspecified atom stereocenters. The third kappa shape index (κ3) is 5.96. The molecule has 0 aromatic heterocycles. The largest absolute Gasteiger partial charge is 0.497 e. The van der Waals surface area contributed by atoms with E-state index in [1.165, 1.54) is 5.69 Å². The molecule has 0 aliphatic carbocycles. The van der Waals surface area contributed by atoms with Crippen LogP contribution < -0.4 is 19.8 Å². The lowest BCUT2D eigenvalue weighted by atomic mass is 10.2. The Morgan fingerprint density at radius 1 is 1.07 bits per heavy atom. The normalized spacial score (nSPS) is 14.8. The molecule has 154 valence electrons. The molecule has 7 heteroatoms. The van der Waals surface area contributed by atoms with Crippen LogP contribution in [0.2, 0.25) is 0 Å². The fourth-order valence-electron chi connectivity index (χ4n) is 3.30. The van der Waals surface area contributed by atoms with Crippen LogP contribution in [0.3, 0.4) is 0 Å². The number of hydrogen-bond donors (Lipinski definition) is 1. The smallest absolute Gasteiger partial charge is 0.241 e. The van der Waals surface area contributed by atoms with E-state index in [0.717, 1.165) is 38.3 Å². The summed E-state index contributed by atoms with van der Waals surface area (Å²) in [7, 11) is 3.19. The Bertz CT molecular complexity index is 818. The van der Waals surface area contributed by atoms with E-state index in [4.69, 9.17) is 9.47 Å². The van der Waals surface area contributed by atoms with Crippen LogP contribution in [0.1, 0.15) is 12.0 Å². The second-order valence-electron chi connectivity index (χ2n) is 6.82. The number of hydrazone groups is 1. The van der Waals surface area contributed by atoms with Crippen LogP contribution >= 0.6 is 0 Å². The SMILES string of the molecule is COc1ccc(OC)c(C=NNC(=O)CCN2CCN(c3ccccc3)CC2)c1. The van der Waals surface area contributed by atoms with Crippen LogP contribution in [0.5, 0.6) is 11.5 Å². The zero-order valence-corrected chi connectivity index (χ0v) is 17.0. The number of carbonyl (C=O) groups excluding carboxylic acids is 1. The molecule has 3 rings (SSSR count). The van der Waals surface area contributed by atoms with Gasteiger partial charge < -0.3 is 14.4 Å². The van der Waals surface area contributed by atoms with E-state index in [1.54, 1.807) is 32.6 Å². The Morgan fingerprint density at radius 3 is 2.52 bits per heavy atom. The van der Waals surface area contributed by atoms with Crippen LogP contribution in [0.4, 0.5) is 5.69 Å². The molecular formula is C22H28N4O3. The molecule has 0 bridgehead atoms. The molecule has 0 saturated carbocycles. The van der Waals surface area contributed by atoms with Gasteiger partial charge in [-0.25, -0.2) is 5.43 Å². The average molecular weight is 396 g/mol. The van der Waals surface area contributed by atoms with Crippen molar-refractivity contribution in [2.45, 2.75) is 6.42 Å². The quantitative estimate of drug-likeness (QED) is 0.548. The molecule has 2 aromatic carbocycles. The van der Waals surface area contributed by atoms with Crippen molar-refractivity contribution in [3.63, 3.8) is 0 Å². The highest BCUT2D eigenvalue weighted by Gasteiger charge is 2.17. The lowest BCUT2D eigenvalue weighted by Crippen LogP contribution is -2.47. The van der Waals surface area contributed by atoms with Gasteiger partial charge in [0.2, 0.25) is 5.91 Å². The van der Waals surface area contributed by atoms with E-state index in [-0.39, 0.29) is 5.91 Å². The van der Waals surface area contributed by atoms with Gasteiger partial charge in [0.05, 0.1) is 20.4 Å². The predicted molar refractivity (Wildman–Crippen MR) is 115 cm³/mol. The van der Waals surface area contributed by atoms with Gasteiger partial charge in [0.25, 0.3) is 0 Å². The van der Waals surface area contributed by atoms with Gasteiger partial charge in [-0.15, -0.1) is 0 Å². The highest BCUT2D eigenvalue weighted by atomic mass is 16.5. The highest BCUT2D eigenvalue weighted by Crippen LogP contribution is 2.22. The summed E-state index contributed by atoms with van der Waals surface area (Å²) >= 11 is 0. The second kappa shape index (κ2) is 10.5. The first kappa shape index (κ1) is 20.7. The average Bonchev–Trinajstić information content (AvgIpc) is 2.78. The van der Waals surface area contributed by atoms with Crippen LogP contribution in [-0.2, 0) is 4.79 Å². The number of methoxy groups -OCH3 is 2. The maximum Gasteiger partial charge on any atom is 0.241 e. The number of ether oxygens (including phenoxy) is 2. The maximum atomic E-state index is 12.1. The van der Waals surface area contributed by atoms with Gasteiger partial charge >= 0.3 is 0 Å². The monoisotopic (exact) mass is 396 g/mol. The Hall–Kier alpha value is -3.06. The predicted octanol–water partition coefficient (Wildman–Crippen LogP) is 2.37. The summed E-state index contributed by atoms with van der Waals surface area (Å²) in [6.45, 7) is 4.57. The van der Waals surface area contributed by atoms with Gasteiger partial charge in [-0.1, -0.05) is 18.2 Å². The topological polar surface area (TPSA) is 66.4 Å². The number of piperazine rings is 1. The van der Waals surface area contributed by atoms with Gasteiger partial charge in [-0.3, -0.25) is 9.69 Å². The summed E-state index contributed by atoms with van der Waals surface area (Å²) in [6.07, 6.45) is 1.98. The van der Waals surface area contributed by atoms with Gasteiger partial charge in [-0.05, 0) is 30.3 Å². The molecule has 1 N–H and O–H groups in total. The second-order valence-corrected chi connectivity index (χ2v) is 6.82. The number of amides is 1. The van der Waals surface area contributed by atoms with Crippen LogP contribution in [0.15, 0.2) is 53.6 Å². The van der Waals surface area contributed by atoms with Gasteiger partial charge in [-0.2, -0.15) is 5.10 Å². The number of carbonyl (C=O) groups is 1. The number of nitrogens with one attached hydrogen (secondary N) is 1.